The minimum atomic E-state index is -0.535. The minimum Gasteiger partial charge on any atom is -0.255 e. The molecule has 3 nitrogen and oxygen atoms in total. The number of aromatic nitrogens is 3. The van der Waals surface area contributed by atoms with Crippen LogP contribution in [0.25, 0.3) is 33.2 Å². The van der Waals surface area contributed by atoms with Crippen LogP contribution >= 0.6 is 58.0 Å². The van der Waals surface area contributed by atoms with Crippen molar-refractivity contribution in [3.63, 3.8) is 0 Å². The van der Waals surface area contributed by atoms with Crippen LogP contribution in [0.5, 0.6) is 0 Å². The van der Waals surface area contributed by atoms with E-state index in [0.717, 1.165) is 5.56 Å². The summed E-state index contributed by atoms with van der Waals surface area (Å²) in [6.07, 6.45) is 1.67. The van der Waals surface area contributed by atoms with Crippen molar-refractivity contribution < 1.29 is 8.78 Å². The number of halogens is 7. The van der Waals surface area contributed by atoms with Crippen molar-refractivity contribution >= 4 is 79.8 Å². The smallest absolute Gasteiger partial charge is 0.144 e. The van der Waals surface area contributed by atoms with Gasteiger partial charge in [-0.25, -0.2) is 18.7 Å². The summed E-state index contributed by atoms with van der Waals surface area (Å²) in [6, 6.07) is 11.2. The molecule has 0 aliphatic rings. The first-order valence-electron chi connectivity index (χ1n) is 10.1. The summed E-state index contributed by atoms with van der Waals surface area (Å²) in [5, 5.41) is 2.35. The molecule has 35 heavy (non-hydrogen) atoms. The van der Waals surface area contributed by atoms with E-state index in [4.69, 9.17) is 58.0 Å². The van der Waals surface area contributed by atoms with E-state index < -0.39 is 11.6 Å². The second-order valence-corrected chi connectivity index (χ2v) is 9.34. The third-order valence-corrected chi connectivity index (χ3v) is 7.34. The molecule has 0 N–H and O–H groups in total. The Bertz CT molecular complexity index is 1590. The maximum Gasteiger partial charge on any atom is 0.144 e. The summed E-state index contributed by atoms with van der Waals surface area (Å²) >= 11 is 30.0. The number of hydrogen-bond acceptors (Lipinski definition) is 3. The molecule has 0 fully saturated rings. The highest BCUT2D eigenvalue weighted by atomic mass is 35.5. The number of rotatable bonds is 1. The Morgan fingerprint density at radius 3 is 1.71 bits per heavy atom. The molecule has 5 aromatic rings. The molecule has 0 saturated heterocycles. The van der Waals surface area contributed by atoms with Crippen LogP contribution in [0.2, 0.25) is 25.2 Å². The lowest BCUT2D eigenvalue weighted by Crippen LogP contribution is -1.95. The van der Waals surface area contributed by atoms with Crippen LogP contribution in [0.4, 0.5) is 8.78 Å². The lowest BCUT2D eigenvalue weighted by atomic mass is 10.1. The van der Waals surface area contributed by atoms with E-state index in [9.17, 15) is 8.78 Å². The fourth-order valence-corrected chi connectivity index (χ4v) is 4.51. The maximum atomic E-state index is 13.6. The van der Waals surface area contributed by atoms with Gasteiger partial charge in [-0.05, 0) is 55.8 Å². The first-order chi connectivity index (χ1) is 16.6. The van der Waals surface area contributed by atoms with Crippen molar-refractivity contribution in [2.24, 2.45) is 0 Å². The highest BCUT2D eigenvalue weighted by Crippen LogP contribution is 2.36. The van der Waals surface area contributed by atoms with Gasteiger partial charge in [0.05, 0.1) is 32.5 Å². The third-order valence-electron chi connectivity index (χ3n) is 5.28. The average molecular weight is 572 g/mol. The number of pyridine rings is 3. The first-order valence-corrected chi connectivity index (χ1v) is 11.9. The zero-order valence-electron chi connectivity index (χ0n) is 18.1. The Morgan fingerprint density at radius 2 is 1.17 bits per heavy atom. The number of hydrogen-bond donors (Lipinski definition) is 0. The molecule has 178 valence electrons. The van der Waals surface area contributed by atoms with E-state index in [2.05, 4.69) is 15.0 Å². The van der Waals surface area contributed by atoms with Crippen LogP contribution in [0, 0.1) is 25.5 Å². The molecule has 3 aromatic heterocycles. The molecule has 2 aromatic carbocycles. The van der Waals surface area contributed by atoms with Crippen molar-refractivity contribution in [2.45, 2.75) is 13.8 Å². The molecule has 0 atom stereocenters. The van der Waals surface area contributed by atoms with Gasteiger partial charge in [0.2, 0.25) is 0 Å². The topological polar surface area (TPSA) is 38.7 Å². The number of benzene rings is 2. The molecule has 0 spiro atoms. The quantitative estimate of drug-likeness (QED) is 0.188. The minimum absolute atomic E-state index is 0.0263. The van der Waals surface area contributed by atoms with Crippen molar-refractivity contribution in [1.29, 1.82) is 0 Å². The van der Waals surface area contributed by atoms with E-state index >= 15 is 0 Å². The third kappa shape index (κ3) is 4.89. The van der Waals surface area contributed by atoms with Gasteiger partial charge in [-0.15, -0.1) is 0 Å². The Balaban J connectivity index is 0.000000172. The molecular weight excluding hydrogens is 558 g/mol. The van der Waals surface area contributed by atoms with Gasteiger partial charge in [0.15, 0.2) is 0 Å². The van der Waals surface area contributed by atoms with E-state index in [0.29, 0.717) is 43.3 Å². The predicted octanol–water partition coefficient (Wildman–Crippen LogP) is 9.69. The van der Waals surface area contributed by atoms with Crippen molar-refractivity contribution in [2.75, 3.05) is 0 Å². The lowest BCUT2D eigenvalue weighted by molar-refractivity contribution is 0.629. The lowest BCUT2D eigenvalue weighted by Gasteiger charge is -2.11. The number of nitrogens with zero attached hydrogens (tertiary/aromatic N) is 3. The van der Waals surface area contributed by atoms with Crippen molar-refractivity contribution in [3.05, 3.63) is 96.7 Å². The van der Waals surface area contributed by atoms with Crippen LogP contribution in [-0.2, 0) is 0 Å². The maximum absolute atomic E-state index is 13.6. The van der Waals surface area contributed by atoms with Gasteiger partial charge in [-0.3, -0.25) is 4.98 Å². The van der Waals surface area contributed by atoms with E-state index in [1.807, 2.05) is 25.1 Å². The SMILES string of the molecule is Cc1c(-c2ccccn2)nc2c(Cl)c(F)ccc2c1Cl.Cc1c(Cl)nc2c(Cl)c(F)ccc2c1Cl. The van der Waals surface area contributed by atoms with Crippen LogP contribution in [0.3, 0.4) is 0 Å². The highest BCUT2D eigenvalue weighted by molar-refractivity contribution is 6.42. The zero-order chi connectivity index (χ0) is 25.4. The Morgan fingerprint density at radius 1 is 0.629 bits per heavy atom. The molecule has 0 radical (unpaired) electrons. The second kappa shape index (κ2) is 10.4. The normalized spacial score (nSPS) is 11.0. The molecule has 0 aliphatic carbocycles. The molecular formula is C25H14Cl5F2N3. The van der Waals surface area contributed by atoms with E-state index in [1.54, 1.807) is 19.2 Å². The van der Waals surface area contributed by atoms with Crippen LogP contribution in [0.15, 0.2) is 48.7 Å². The average Bonchev–Trinajstić information content (AvgIpc) is 2.86. The standard InChI is InChI=1S/C15H9Cl2FN2.C10H5Cl3FN/c1-8-12(16)9-5-6-10(18)13(17)15(9)20-14(8)11-4-2-3-7-19-11;1-4-7(11)5-2-3-6(14)8(12)9(5)15-10(4)13/h2-7H,1H3;2-3H,1H3. The van der Waals surface area contributed by atoms with Crippen LogP contribution in [-0.4, -0.2) is 15.0 Å². The Labute approximate surface area is 224 Å². The summed E-state index contributed by atoms with van der Waals surface area (Å²) in [6.45, 7) is 3.60. The fourth-order valence-electron chi connectivity index (χ4n) is 3.38. The largest absolute Gasteiger partial charge is 0.255 e. The van der Waals surface area contributed by atoms with Crippen molar-refractivity contribution in [1.82, 2.24) is 15.0 Å². The van der Waals surface area contributed by atoms with Gasteiger partial charge < -0.3 is 0 Å². The molecule has 0 amide bonds. The van der Waals surface area contributed by atoms with Gasteiger partial charge in [0, 0.05) is 22.5 Å². The number of fused-ring (bicyclic) bond motifs is 2. The van der Waals surface area contributed by atoms with Gasteiger partial charge in [0.1, 0.15) is 26.8 Å². The van der Waals surface area contributed by atoms with Crippen LogP contribution in [0.1, 0.15) is 11.1 Å². The monoisotopic (exact) mass is 569 g/mol. The molecule has 0 bridgehead atoms. The summed E-state index contributed by atoms with van der Waals surface area (Å²) in [5.74, 6) is -1.05. The summed E-state index contributed by atoms with van der Waals surface area (Å²) in [4.78, 5) is 12.7. The van der Waals surface area contributed by atoms with Crippen molar-refractivity contribution in [3.8, 4) is 11.4 Å². The summed E-state index contributed by atoms with van der Waals surface area (Å²) in [5.41, 5.74) is 3.37. The van der Waals surface area contributed by atoms with Gasteiger partial charge in [-0.1, -0.05) is 64.1 Å². The molecule has 0 aliphatic heterocycles. The van der Waals surface area contributed by atoms with Gasteiger partial charge in [-0.2, -0.15) is 0 Å². The van der Waals surface area contributed by atoms with Gasteiger partial charge >= 0.3 is 0 Å². The molecule has 5 rings (SSSR count). The van der Waals surface area contributed by atoms with Gasteiger partial charge in [0.25, 0.3) is 0 Å². The first kappa shape index (κ1) is 25.8. The highest BCUT2D eigenvalue weighted by Gasteiger charge is 2.16. The van der Waals surface area contributed by atoms with Crippen LogP contribution < -0.4 is 0 Å². The molecule has 10 heteroatoms. The predicted molar refractivity (Wildman–Crippen MR) is 141 cm³/mol. The zero-order valence-corrected chi connectivity index (χ0v) is 21.9. The summed E-state index contributed by atoms with van der Waals surface area (Å²) < 4.78 is 26.7. The van der Waals surface area contributed by atoms with E-state index in [-0.39, 0.29) is 20.7 Å². The Hall–Kier alpha value is -2.28. The second-order valence-electron chi connectivity index (χ2n) is 7.47. The van der Waals surface area contributed by atoms with E-state index in [1.165, 1.54) is 18.2 Å². The Kier molecular flexibility index (Phi) is 7.65. The fraction of sp³-hybridized carbons (Fsp3) is 0.0800. The molecule has 0 unspecified atom stereocenters. The summed E-state index contributed by atoms with van der Waals surface area (Å²) in [7, 11) is 0. The molecule has 0 saturated carbocycles. The molecule has 3 heterocycles.